The van der Waals surface area contributed by atoms with Crippen LogP contribution in [-0.2, 0) is 9.47 Å². The third-order valence-corrected chi connectivity index (χ3v) is 1.77. The van der Waals surface area contributed by atoms with Crippen molar-refractivity contribution in [1.29, 1.82) is 0 Å². The van der Waals surface area contributed by atoms with Crippen LogP contribution in [0.2, 0.25) is 0 Å². The van der Waals surface area contributed by atoms with E-state index in [0.717, 1.165) is 19.6 Å². The van der Waals surface area contributed by atoms with Crippen LogP contribution in [0.1, 0.15) is 27.2 Å². The number of ether oxygens (including phenoxy) is 2. The molecule has 80 valence electrons. The monoisotopic (exact) mass is 189 g/mol. The van der Waals surface area contributed by atoms with Crippen LogP contribution in [0.25, 0.3) is 0 Å². The number of hydrogen-bond acceptors (Lipinski definition) is 3. The van der Waals surface area contributed by atoms with E-state index >= 15 is 0 Å². The Hall–Kier alpha value is -0.120. The molecule has 2 unspecified atom stereocenters. The summed E-state index contributed by atoms with van der Waals surface area (Å²) in [6.07, 6.45) is 1.36. The molecular formula is C10H23NO2. The molecule has 1 N–H and O–H groups in total. The molecule has 0 aromatic heterocycles. The molecule has 3 nitrogen and oxygen atoms in total. The Morgan fingerprint density at radius 2 is 1.92 bits per heavy atom. The van der Waals surface area contributed by atoms with Gasteiger partial charge in [-0.25, -0.2) is 0 Å². The first-order valence-electron chi connectivity index (χ1n) is 5.04. The third kappa shape index (κ3) is 8.22. The van der Waals surface area contributed by atoms with Crippen molar-refractivity contribution in [2.45, 2.75) is 39.3 Å². The van der Waals surface area contributed by atoms with Gasteiger partial charge in [-0.2, -0.15) is 0 Å². The fourth-order valence-corrected chi connectivity index (χ4v) is 1.04. The molecule has 0 aliphatic rings. The van der Waals surface area contributed by atoms with Crippen molar-refractivity contribution in [3.8, 4) is 0 Å². The molecular weight excluding hydrogens is 166 g/mol. The average Bonchev–Trinajstić information content (AvgIpc) is 2.12. The lowest BCUT2D eigenvalue weighted by Crippen LogP contribution is -2.33. The van der Waals surface area contributed by atoms with Gasteiger partial charge < -0.3 is 14.8 Å². The summed E-state index contributed by atoms with van der Waals surface area (Å²) in [7, 11) is 1.69. The van der Waals surface area contributed by atoms with E-state index in [9.17, 15) is 0 Å². The molecule has 13 heavy (non-hydrogen) atoms. The minimum absolute atomic E-state index is 0.191. The van der Waals surface area contributed by atoms with Crippen LogP contribution in [0.4, 0.5) is 0 Å². The number of rotatable bonds is 8. The molecule has 0 fully saturated rings. The van der Waals surface area contributed by atoms with Gasteiger partial charge in [0.05, 0.1) is 19.3 Å². The van der Waals surface area contributed by atoms with Crippen LogP contribution in [0.15, 0.2) is 0 Å². The van der Waals surface area contributed by atoms with Gasteiger partial charge in [-0.1, -0.05) is 6.92 Å². The van der Waals surface area contributed by atoms with Gasteiger partial charge in [-0.3, -0.25) is 0 Å². The number of methoxy groups -OCH3 is 1. The number of nitrogens with one attached hydrogen (secondary N) is 1. The largest absolute Gasteiger partial charge is 0.382 e. The molecule has 0 aliphatic heterocycles. The van der Waals surface area contributed by atoms with E-state index in [1.54, 1.807) is 7.11 Å². The minimum atomic E-state index is 0.191. The summed E-state index contributed by atoms with van der Waals surface area (Å²) in [5.74, 6) is 0. The number of hydrogen-bond donors (Lipinski definition) is 1. The fourth-order valence-electron chi connectivity index (χ4n) is 1.04. The highest BCUT2D eigenvalue weighted by Gasteiger charge is 2.04. The summed E-state index contributed by atoms with van der Waals surface area (Å²) in [5.41, 5.74) is 0. The second kappa shape index (κ2) is 8.48. The molecule has 2 atom stereocenters. The van der Waals surface area contributed by atoms with E-state index in [4.69, 9.17) is 9.47 Å². The summed E-state index contributed by atoms with van der Waals surface area (Å²) in [6.45, 7) is 8.80. The van der Waals surface area contributed by atoms with E-state index in [1.165, 1.54) is 0 Å². The minimum Gasteiger partial charge on any atom is -0.382 e. The zero-order chi connectivity index (χ0) is 10.1. The van der Waals surface area contributed by atoms with Gasteiger partial charge in [0.15, 0.2) is 0 Å². The second-order valence-corrected chi connectivity index (χ2v) is 3.45. The Morgan fingerprint density at radius 3 is 2.46 bits per heavy atom. The van der Waals surface area contributed by atoms with Crippen molar-refractivity contribution in [2.75, 3.05) is 26.9 Å². The van der Waals surface area contributed by atoms with E-state index in [0.29, 0.717) is 12.6 Å². The van der Waals surface area contributed by atoms with Crippen molar-refractivity contribution in [2.24, 2.45) is 0 Å². The molecule has 0 aliphatic carbocycles. The molecule has 0 aromatic carbocycles. The summed E-state index contributed by atoms with van der Waals surface area (Å²) in [4.78, 5) is 0. The van der Waals surface area contributed by atoms with Crippen LogP contribution in [0.5, 0.6) is 0 Å². The molecule has 0 saturated carbocycles. The maximum absolute atomic E-state index is 5.55. The molecule has 0 heterocycles. The zero-order valence-corrected chi connectivity index (χ0v) is 9.30. The average molecular weight is 189 g/mol. The molecule has 0 spiro atoms. The molecule has 0 rings (SSSR count). The predicted molar refractivity (Wildman–Crippen MR) is 55.0 cm³/mol. The fraction of sp³-hybridized carbons (Fsp3) is 1.00. The first-order chi connectivity index (χ1) is 6.20. The molecule has 0 aromatic rings. The van der Waals surface area contributed by atoms with Crippen LogP contribution >= 0.6 is 0 Å². The van der Waals surface area contributed by atoms with Crippen molar-refractivity contribution in [3.05, 3.63) is 0 Å². The summed E-state index contributed by atoms with van der Waals surface area (Å²) in [5, 5.41) is 3.36. The van der Waals surface area contributed by atoms with E-state index in [2.05, 4.69) is 19.2 Å². The second-order valence-electron chi connectivity index (χ2n) is 3.45. The van der Waals surface area contributed by atoms with Crippen molar-refractivity contribution in [3.63, 3.8) is 0 Å². The Morgan fingerprint density at radius 1 is 1.23 bits per heavy atom. The highest BCUT2D eigenvalue weighted by Crippen LogP contribution is 1.93. The van der Waals surface area contributed by atoms with Gasteiger partial charge in [-0.05, 0) is 26.8 Å². The maximum Gasteiger partial charge on any atom is 0.0781 e. The highest BCUT2D eigenvalue weighted by molar-refractivity contribution is 4.59. The topological polar surface area (TPSA) is 30.5 Å². The Kier molecular flexibility index (Phi) is 8.40. The van der Waals surface area contributed by atoms with Crippen molar-refractivity contribution in [1.82, 2.24) is 5.32 Å². The van der Waals surface area contributed by atoms with Crippen LogP contribution < -0.4 is 5.32 Å². The summed E-state index contributed by atoms with van der Waals surface area (Å²) >= 11 is 0. The predicted octanol–water partition coefficient (Wildman–Crippen LogP) is 1.43. The SMILES string of the molecule is CCCNC(C)COC(C)COC. The first kappa shape index (κ1) is 12.9. The molecule has 0 bridgehead atoms. The Labute approximate surface area is 81.8 Å². The van der Waals surface area contributed by atoms with Gasteiger partial charge in [0.25, 0.3) is 0 Å². The van der Waals surface area contributed by atoms with E-state index in [-0.39, 0.29) is 6.10 Å². The summed E-state index contributed by atoms with van der Waals surface area (Å²) in [6, 6.07) is 0.430. The van der Waals surface area contributed by atoms with Gasteiger partial charge in [-0.15, -0.1) is 0 Å². The van der Waals surface area contributed by atoms with Crippen molar-refractivity contribution >= 4 is 0 Å². The quantitative estimate of drug-likeness (QED) is 0.626. The molecule has 0 saturated heterocycles. The lowest BCUT2D eigenvalue weighted by molar-refractivity contribution is 0.00164. The lowest BCUT2D eigenvalue weighted by Gasteiger charge is -2.17. The van der Waals surface area contributed by atoms with Gasteiger partial charge in [0.2, 0.25) is 0 Å². The first-order valence-corrected chi connectivity index (χ1v) is 5.04. The van der Waals surface area contributed by atoms with Crippen LogP contribution in [0, 0.1) is 0 Å². The van der Waals surface area contributed by atoms with Gasteiger partial charge in [0.1, 0.15) is 0 Å². The van der Waals surface area contributed by atoms with Gasteiger partial charge in [0, 0.05) is 13.2 Å². The highest BCUT2D eigenvalue weighted by atomic mass is 16.5. The normalized spacial score (nSPS) is 15.7. The van der Waals surface area contributed by atoms with Crippen LogP contribution in [0.3, 0.4) is 0 Å². The smallest absolute Gasteiger partial charge is 0.0781 e. The summed E-state index contributed by atoms with van der Waals surface area (Å²) < 4.78 is 10.5. The van der Waals surface area contributed by atoms with Gasteiger partial charge >= 0.3 is 0 Å². The van der Waals surface area contributed by atoms with Crippen LogP contribution in [-0.4, -0.2) is 39.0 Å². The zero-order valence-electron chi connectivity index (χ0n) is 9.30. The Balaban J connectivity index is 3.29. The molecule has 3 heteroatoms. The third-order valence-electron chi connectivity index (χ3n) is 1.77. The molecule has 0 amide bonds. The van der Waals surface area contributed by atoms with E-state index < -0.39 is 0 Å². The lowest BCUT2D eigenvalue weighted by atomic mass is 10.3. The Bertz CT molecular complexity index is 109. The standard InChI is InChI=1S/C10H23NO2/c1-5-6-11-9(2)7-13-10(3)8-12-4/h9-11H,5-8H2,1-4H3. The molecule has 0 radical (unpaired) electrons. The maximum atomic E-state index is 5.55. The van der Waals surface area contributed by atoms with Crippen molar-refractivity contribution < 1.29 is 9.47 Å². The van der Waals surface area contributed by atoms with E-state index in [1.807, 2.05) is 6.92 Å².